The number of aromatic nitrogens is 2. The highest BCUT2D eigenvalue weighted by molar-refractivity contribution is 5.66. The molecule has 0 atom stereocenters. The van der Waals surface area contributed by atoms with E-state index in [9.17, 15) is 4.79 Å². The van der Waals surface area contributed by atoms with E-state index in [1.54, 1.807) is 4.68 Å². The van der Waals surface area contributed by atoms with Crippen molar-refractivity contribution < 1.29 is 0 Å². The normalized spacial score (nSPS) is 10.9. The molecule has 0 unspecified atom stereocenters. The van der Waals surface area contributed by atoms with Crippen LogP contribution in [-0.4, -0.2) is 9.78 Å². The molecule has 3 rings (SSSR count). The minimum absolute atomic E-state index is 0.0320. The molecule has 0 fully saturated rings. The standard InChI is InChI=1S/C19H20N2O/c1-4-16-18(17-8-6-5-7-14(17)3)20-21(19(16)22)15-11-9-13(2)10-12-15/h5-12,20H,4H2,1-3H3. The smallest absolute Gasteiger partial charge is 0.275 e. The molecule has 0 aliphatic rings. The van der Waals surface area contributed by atoms with Gasteiger partial charge in [0.1, 0.15) is 0 Å². The van der Waals surface area contributed by atoms with E-state index in [0.717, 1.165) is 28.1 Å². The van der Waals surface area contributed by atoms with Gasteiger partial charge in [-0.2, -0.15) is 0 Å². The van der Waals surface area contributed by atoms with Crippen molar-refractivity contribution in [3.63, 3.8) is 0 Å². The molecule has 0 saturated heterocycles. The summed E-state index contributed by atoms with van der Waals surface area (Å²) < 4.78 is 1.64. The van der Waals surface area contributed by atoms with Gasteiger partial charge in [0.05, 0.1) is 11.4 Å². The van der Waals surface area contributed by atoms with Crippen molar-refractivity contribution >= 4 is 0 Å². The van der Waals surface area contributed by atoms with Gasteiger partial charge in [-0.05, 0) is 38.0 Å². The van der Waals surface area contributed by atoms with E-state index < -0.39 is 0 Å². The third-order valence-corrected chi connectivity index (χ3v) is 4.05. The summed E-state index contributed by atoms with van der Waals surface area (Å²) in [6.45, 7) is 6.12. The van der Waals surface area contributed by atoms with E-state index in [0.29, 0.717) is 6.42 Å². The maximum absolute atomic E-state index is 12.7. The SMILES string of the molecule is CCc1c(-c2ccccc2C)[nH]n(-c2ccc(C)cc2)c1=O. The van der Waals surface area contributed by atoms with Crippen molar-refractivity contribution in [2.24, 2.45) is 0 Å². The monoisotopic (exact) mass is 292 g/mol. The summed E-state index contributed by atoms with van der Waals surface area (Å²) in [7, 11) is 0. The average molecular weight is 292 g/mol. The third-order valence-electron chi connectivity index (χ3n) is 4.05. The lowest BCUT2D eigenvalue weighted by Gasteiger charge is -2.05. The Balaban J connectivity index is 2.22. The Morgan fingerprint density at radius 3 is 2.32 bits per heavy atom. The highest BCUT2D eigenvalue weighted by atomic mass is 16.1. The number of rotatable bonds is 3. The largest absolute Gasteiger partial charge is 0.290 e. The molecule has 22 heavy (non-hydrogen) atoms. The van der Waals surface area contributed by atoms with Gasteiger partial charge in [0.15, 0.2) is 0 Å². The number of nitrogens with one attached hydrogen (secondary N) is 1. The van der Waals surface area contributed by atoms with Crippen LogP contribution in [0.15, 0.2) is 53.3 Å². The molecule has 3 aromatic rings. The zero-order valence-corrected chi connectivity index (χ0v) is 13.2. The van der Waals surface area contributed by atoms with Crippen molar-refractivity contribution in [3.05, 3.63) is 75.6 Å². The van der Waals surface area contributed by atoms with Crippen LogP contribution < -0.4 is 5.56 Å². The fourth-order valence-corrected chi connectivity index (χ4v) is 2.75. The summed E-state index contributed by atoms with van der Waals surface area (Å²) in [4.78, 5) is 12.7. The first-order valence-electron chi connectivity index (χ1n) is 7.58. The van der Waals surface area contributed by atoms with Crippen LogP contribution in [0.2, 0.25) is 0 Å². The molecule has 1 aromatic heterocycles. The fourth-order valence-electron chi connectivity index (χ4n) is 2.75. The van der Waals surface area contributed by atoms with E-state index in [1.807, 2.05) is 50.2 Å². The zero-order chi connectivity index (χ0) is 15.7. The van der Waals surface area contributed by atoms with Crippen LogP contribution in [0.5, 0.6) is 0 Å². The van der Waals surface area contributed by atoms with Gasteiger partial charge < -0.3 is 0 Å². The summed E-state index contributed by atoms with van der Waals surface area (Å²) in [5, 5.41) is 3.30. The van der Waals surface area contributed by atoms with E-state index in [2.05, 4.69) is 24.2 Å². The lowest BCUT2D eigenvalue weighted by atomic mass is 10.0. The maximum atomic E-state index is 12.7. The Morgan fingerprint density at radius 2 is 1.68 bits per heavy atom. The van der Waals surface area contributed by atoms with Gasteiger partial charge in [0.2, 0.25) is 0 Å². The molecule has 1 N–H and O–H groups in total. The minimum Gasteiger partial charge on any atom is -0.290 e. The quantitative estimate of drug-likeness (QED) is 0.778. The Kier molecular flexibility index (Phi) is 3.72. The van der Waals surface area contributed by atoms with Crippen LogP contribution in [0, 0.1) is 13.8 Å². The molecule has 112 valence electrons. The second-order valence-electron chi connectivity index (χ2n) is 5.61. The second kappa shape index (κ2) is 5.68. The Hall–Kier alpha value is -2.55. The second-order valence-corrected chi connectivity index (χ2v) is 5.61. The van der Waals surface area contributed by atoms with Crippen LogP contribution in [-0.2, 0) is 6.42 Å². The van der Waals surface area contributed by atoms with Crippen molar-refractivity contribution in [1.29, 1.82) is 0 Å². The van der Waals surface area contributed by atoms with Gasteiger partial charge >= 0.3 is 0 Å². The molecule has 3 heteroatoms. The topological polar surface area (TPSA) is 37.8 Å². The number of benzene rings is 2. The van der Waals surface area contributed by atoms with E-state index in [1.165, 1.54) is 5.56 Å². The summed E-state index contributed by atoms with van der Waals surface area (Å²) in [5.74, 6) is 0. The Labute approximate surface area is 130 Å². The Morgan fingerprint density at radius 1 is 1.00 bits per heavy atom. The van der Waals surface area contributed by atoms with Gasteiger partial charge in [-0.15, -0.1) is 0 Å². The van der Waals surface area contributed by atoms with Gasteiger partial charge in [-0.25, -0.2) is 4.68 Å². The number of H-pyrrole nitrogens is 1. The lowest BCUT2D eigenvalue weighted by molar-refractivity contribution is 0.848. The molecule has 0 spiro atoms. The van der Waals surface area contributed by atoms with Crippen molar-refractivity contribution in [2.75, 3.05) is 0 Å². The molecular formula is C19H20N2O. The first-order chi connectivity index (χ1) is 10.6. The molecule has 0 radical (unpaired) electrons. The number of aryl methyl sites for hydroxylation is 2. The van der Waals surface area contributed by atoms with E-state index >= 15 is 0 Å². The highest BCUT2D eigenvalue weighted by Crippen LogP contribution is 2.24. The molecule has 0 aliphatic heterocycles. The van der Waals surface area contributed by atoms with E-state index in [-0.39, 0.29) is 5.56 Å². The predicted octanol–water partition coefficient (Wildman–Crippen LogP) is 4.01. The molecule has 0 amide bonds. The third kappa shape index (κ3) is 2.39. The van der Waals surface area contributed by atoms with Crippen LogP contribution in [0.3, 0.4) is 0 Å². The molecular weight excluding hydrogens is 272 g/mol. The van der Waals surface area contributed by atoms with Gasteiger partial charge in [0, 0.05) is 11.1 Å². The predicted molar refractivity (Wildman–Crippen MR) is 90.7 cm³/mol. The first-order valence-corrected chi connectivity index (χ1v) is 7.58. The van der Waals surface area contributed by atoms with Gasteiger partial charge in [-0.1, -0.05) is 48.9 Å². The molecule has 0 aliphatic carbocycles. The van der Waals surface area contributed by atoms with Gasteiger partial charge in [0.25, 0.3) is 5.56 Å². The maximum Gasteiger partial charge on any atom is 0.275 e. The van der Waals surface area contributed by atoms with Crippen LogP contribution in [0.4, 0.5) is 0 Å². The van der Waals surface area contributed by atoms with E-state index in [4.69, 9.17) is 0 Å². The molecule has 3 nitrogen and oxygen atoms in total. The number of hydrogen-bond acceptors (Lipinski definition) is 1. The number of nitrogens with zero attached hydrogens (tertiary/aromatic N) is 1. The van der Waals surface area contributed by atoms with Crippen LogP contribution in [0.25, 0.3) is 16.9 Å². The molecule has 0 saturated carbocycles. The zero-order valence-electron chi connectivity index (χ0n) is 13.2. The summed E-state index contributed by atoms with van der Waals surface area (Å²) in [6.07, 6.45) is 0.706. The van der Waals surface area contributed by atoms with Crippen LogP contribution in [0.1, 0.15) is 23.6 Å². The first kappa shape index (κ1) is 14.4. The van der Waals surface area contributed by atoms with Crippen molar-refractivity contribution in [2.45, 2.75) is 27.2 Å². The molecule has 1 heterocycles. The molecule has 0 bridgehead atoms. The minimum atomic E-state index is 0.0320. The number of aromatic amines is 1. The summed E-state index contributed by atoms with van der Waals surface area (Å²) in [5.41, 5.74) is 6.07. The number of hydrogen-bond donors (Lipinski definition) is 1. The average Bonchev–Trinajstić information content (AvgIpc) is 2.85. The van der Waals surface area contributed by atoms with Gasteiger partial charge in [-0.3, -0.25) is 9.89 Å². The highest BCUT2D eigenvalue weighted by Gasteiger charge is 2.16. The lowest BCUT2D eigenvalue weighted by Crippen LogP contribution is -2.16. The summed E-state index contributed by atoms with van der Waals surface area (Å²) >= 11 is 0. The Bertz CT molecular complexity index is 854. The summed E-state index contributed by atoms with van der Waals surface area (Å²) in [6, 6.07) is 16.1. The fraction of sp³-hybridized carbons (Fsp3) is 0.211. The van der Waals surface area contributed by atoms with Crippen LogP contribution >= 0.6 is 0 Å². The van der Waals surface area contributed by atoms with Crippen molar-refractivity contribution in [3.8, 4) is 16.9 Å². The molecule has 2 aromatic carbocycles. The van der Waals surface area contributed by atoms with Crippen molar-refractivity contribution in [1.82, 2.24) is 9.78 Å².